The summed E-state index contributed by atoms with van der Waals surface area (Å²) in [6, 6.07) is 1.40. The van der Waals surface area contributed by atoms with Gasteiger partial charge in [0.2, 0.25) is 5.90 Å². The molecule has 0 aliphatic rings. The summed E-state index contributed by atoms with van der Waals surface area (Å²) in [5, 5.41) is 14.7. The van der Waals surface area contributed by atoms with Gasteiger partial charge in [0.15, 0.2) is 0 Å². The third kappa shape index (κ3) is 5.43. The van der Waals surface area contributed by atoms with Crippen molar-refractivity contribution in [2.75, 3.05) is 18.6 Å². The maximum Gasteiger partial charge on any atom is 0.315 e. The number of nitrogens with one attached hydrogen (secondary N) is 1. The number of hydrogen-bond acceptors (Lipinski definition) is 8. The quantitative estimate of drug-likeness (QED) is 0.267. The van der Waals surface area contributed by atoms with E-state index in [0.29, 0.717) is 6.61 Å². The second kappa shape index (κ2) is 8.46. The summed E-state index contributed by atoms with van der Waals surface area (Å²) in [5.41, 5.74) is 2.42. The van der Waals surface area contributed by atoms with Crippen LogP contribution in [0.1, 0.15) is 20.3 Å². The third-order valence-corrected chi connectivity index (χ3v) is 2.21. The molecular formula is C12H16N4O5. The van der Waals surface area contributed by atoms with Crippen LogP contribution in [-0.2, 0) is 14.3 Å². The number of carbonyl (C=O) groups excluding carboxylic acids is 1. The van der Waals surface area contributed by atoms with E-state index in [1.807, 2.05) is 0 Å². The van der Waals surface area contributed by atoms with Gasteiger partial charge in [-0.2, -0.15) is 0 Å². The topological polar surface area (TPSA) is 116 Å². The van der Waals surface area contributed by atoms with Crippen molar-refractivity contribution in [1.29, 1.82) is 0 Å². The van der Waals surface area contributed by atoms with Crippen molar-refractivity contribution in [3.63, 3.8) is 0 Å². The highest BCUT2D eigenvalue weighted by atomic mass is 16.6. The molecule has 1 rings (SSSR count). The molecule has 0 unspecified atom stereocenters. The largest absolute Gasteiger partial charge is 0.480 e. The lowest BCUT2D eigenvalue weighted by atomic mass is 10.3. The van der Waals surface area contributed by atoms with E-state index in [-0.39, 0.29) is 30.3 Å². The fourth-order valence-corrected chi connectivity index (χ4v) is 1.37. The first kappa shape index (κ1) is 16.3. The number of esters is 1. The van der Waals surface area contributed by atoms with Crippen molar-refractivity contribution >= 4 is 23.2 Å². The first-order valence-corrected chi connectivity index (χ1v) is 6.27. The summed E-state index contributed by atoms with van der Waals surface area (Å²) in [6.45, 7) is 3.98. The molecule has 0 bridgehead atoms. The Kier molecular flexibility index (Phi) is 6.58. The van der Waals surface area contributed by atoms with Crippen LogP contribution in [0.15, 0.2) is 23.6 Å². The first-order chi connectivity index (χ1) is 10.1. The molecule has 0 amide bonds. The van der Waals surface area contributed by atoms with Crippen molar-refractivity contribution in [1.82, 2.24) is 4.98 Å². The van der Waals surface area contributed by atoms with E-state index in [9.17, 15) is 14.9 Å². The predicted octanol–water partition coefficient (Wildman–Crippen LogP) is 1.70. The molecule has 0 spiro atoms. The van der Waals surface area contributed by atoms with Crippen LogP contribution >= 0.6 is 0 Å². The summed E-state index contributed by atoms with van der Waals surface area (Å²) in [7, 11) is 0. The average Bonchev–Trinajstić information content (AvgIpc) is 2.45. The highest BCUT2D eigenvalue weighted by Crippen LogP contribution is 2.21. The zero-order valence-corrected chi connectivity index (χ0v) is 11.7. The molecule has 0 fully saturated rings. The van der Waals surface area contributed by atoms with Gasteiger partial charge in [-0.05, 0) is 19.9 Å². The average molecular weight is 296 g/mol. The Morgan fingerprint density at radius 3 is 2.76 bits per heavy atom. The van der Waals surface area contributed by atoms with Crippen LogP contribution in [0, 0.1) is 10.1 Å². The van der Waals surface area contributed by atoms with Crippen LogP contribution in [0.3, 0.4) is 0 Å². The zero-order chi connectivity index (χ0) is 15.7. The number of ether oxygens (including phenoxy) is 2. The number of anilines is 1. The molecule has 1 aromatic heterocycles. The van der Waals surface area contributed by atoms with E-state index >= 15 is 0 Å². The van der Waals surface area contributed by atoms with E-state index in [1.54, 1.807) is 13.8 Å². The van der Waals surface area contributed by atoms with Gasteiger partial charge in [0.25, 0.3) is 0 Å². The van der Waals surface area contributed by atoms with E-state index in [1.165, 1.54) is 12.3 Å². The predicted molar refractivity (Wildman–Crippen MR) is 74.8 cm³/mol. The lowest BCUT2D eigenvalue weighted by Gasteiger charge is -2.08. The fourth-order valence-electron chi connectivity index (χ4n) is 1.37. The van der Waals surface area contributed by atoms with Gasteiger partial charge in [-0.3, -0.25) is 25.3 Å². The molecule has 1 N–H and O–H groups in total. The summed E-state index contributed by atoms with van der Waals surface area (Å²) in [6.07, 6.45) is 2.33. The second-order valence-corrected chi connectivity index (χ2v) is 3.68. The monoisotopic (exact) mass is 296 g/mol. The molecule has 0 radical (unpaired) electrons. The van der Waals surface area contributed by atoms with Gasteiger partial charge in [-0.1, -0.05) is 0 Å². The highest BCUT2D eigenvalue weighted by molar-refractivity contribution is 5.94. The summed E-state index contributed by atoms with van der Waals surface area (Å²) < 4.78 is 9.97. The number of aromatic nitrogens is 1. The Hall–Kier alpha value is -2.71. The molecule has 9 heteroatoms. The van der Waals surface area contributed by atoms with E-state index in [4.69, 9.17) is 9.47 Å². The molecule has 0 atom stereocenters. The van der Waals surface area contributed by atoms with Gasteiger partial charge in [0.05, 0.1) is 18.1 Å². The van der Waals surface area contributed by atoms with Gasteiger partial charge in [-0.15, -0.1) is 5.10 Å². The molecule has 114 valence electrons. The van der Waals surface area contributed by atoms with Crippen molar-refractivity contribution in [2.45, 2.75) is 20.3 Å². The molecule has 0 aromatic carbocycles. The van der Waals surface area contributed by atoms with Crippen LogP contribution in [0.25, 0.3) is 0 Å². The maximum atomic E-state index is 11.4. The van der Waals surface area contributed by atoms with Gasteiger partial charge in [0.1, 0.15) is 18.3 Å². The molecule has 0 aliphatic carbocycles. The number of hydrazone groups is 1. The SMILES string of the molecule is CCOC(=O)C/C(=N\Nc1ccncc1[N+](=O)[O-])OCC. The minimum absolute atomic E-state index is 0.0852. The zero-order valence-electron chi connectivity index (χ0n) is 11.7. The number of rotatable bonds is 7. The lowest BCUT2D eigenvalue weighted by Crippen LogP contribution is -2.15. The summed E-state index contributed by atoms with van der Waals surface area (Å²) in [5.74, 6) is -0.405. The minimum atomic E-state index is -0.587. The van der Waals surface area contributed by atoms with Gasteiger partial charge in [-0.25, -0.2) is 0 Å². The van der Waals surface area contributed by atoms with Crippen molar-refractivity contribution in [2.24, 2.45) is 5.10 Å². The van der Waals surface area contributed by atoms with Gasteiger partial charge < -0.3 is 9.47 Å². The molecule has 0 saturated heterocycles. The van der Waals surface area contributed by atoms with Crippen LogP contribution < -0.4 is 5.43 Å². The molecule has 21 heavy (non-hydrogen) atoms. The standard InChI is InChI=1S/C12H16N4O5/c1-3-20-11(7-12(17)21-4-2)15-14-9-5-6-13-8-10(9)16(18)19/h5-6,8H,3-4,7H2,1-2H3,(H,13,14)/b15-11+. The molecule has 1 heterocycles. The third-order valence-electron chi connectivity index (χ3n) is 2.21. The molecule has 0 aliphatic heterocycles. The van der Waals surface area contributed by atoms with Gasteiger partial charge >= 0.3 is 11.7 Å². The van der Waals surface area contributed by atoms with Crippen molar-refractivity contribution < 1.29 is 19.2 Å². The van der Waals surface area contributed by atoms with Crippen LogP contribution in [-0.4, -0.2) is 35.0 Å². The van der Waals surface area contributed by atoms with Crippen LogP contribution in [0.5, 0.6) is 0 Å². The van der Waals surface area contributed by atoms with E-state index in [0.717, 1.165) is 6.20 Å². The summed E-state index contributed by atoms with van der Waals surface area (Å²) >= 11 is 0. The number of pyridine rings is 1. The molecule has 9 nitrogen and oxygen atoms in total. The Morgan fingerprint density at radius 1 is 1.43 bits per heavy atom. The number of hydrogen-bond donors (Lipinski definition) is 1. The smallest absolute Gasteiger partial charge is 0.315 e. The first-order valence-electron chi connectivity index (χ1n) is 6.27. The second-order valence-electron chi connectivity index (χ2n) is 3.68. The fraction of sp³-hybridized carbons (Fsp3) is 0.417. The van der Waals surface area contributed by atoms with Crippen LogP contribution in [0.4, 0.5) is 11.4 Å². The van der Waals surface area contributed by atoms with E-state index in [2.05, 4.69) is 15.5 Å². The van der Waals surface area contributed by atoms with Crippen LogP contribution in [0.2, 0.25) is 0 Å². The lowest BCUT2D eigenvalue weighted by molar-refractivity contribution is -0.384. The molecule has 0 saturated carbocycles. The summed E-state index contributed by atoms with van der Waals surface area (Å²) in [4.78, 5) is 25.3. The van der Waals surface area contributed by atoms with Gasteiger partial charge in [0, 0.05) is 6.20 Å². The molecular weight excluding hydrogens is 280 g/mol. The number of nitro groups is 1. The Morgan fingerprint density at radius 2 is 2.14 bits per heavy atom. The normalized spacial score (nSPS) is 10.9. The van der Waals surface area contributed by atoms with Crippen molar-refractivity contribution in [3.05, 3.63) is 28.6 Å². The molecule has 1 aromatic rings. The number of carbonyl (C=O) groups is 1. The maximum absolute atomic E-state index is 11.4. The van der Waals surface area contributed by atoms with Crippen molar-refractivity contribution in [3.8, 4) is 0 Å². The highest BCUT2D eigenvalue weighted by Gasteiger charge is 2.14. The Labute approximate surface area is 121 Å². The Bertz CT molecular complexity index is 532. The minimum Gasteiger partial charge on any atom is -0.480 e. The Balaban J connectivity index is 2.83. The van der Waals surface area contributed by atoms with E-state index < -0.39 is 10.9 Å². The number of nitrogens with zero attached hydrogens (tertiary/aromatic N) is 3.